The second-order valence-electron chi connectivity index (χ2n) is 6.59. The van der Waals surface area contributed by atoms with E-state index < -0.39 is 9.84 Å². The third-order valence-electron chi connectivity index (χ3n) is 4.80. The second kappa shape index (κ2) is 7.16. The van der Waals surface area contributed by atoms with Gasteiger partial charge in [0, 0.05) is 19.0 Å². The van der Waals surface area contributed by atoms with Crippen LogP contribution in [-0.4, -0.2) is 32.4 Å². The van der Waals surface area contributed by atoms with E-state index in [1.165, 1.54) is 18.4 Å². The van der Waals surface area contributed by atoms with Gasteiger partial charge < -0.3 is 19.5 Å². The molecule has 0 aliphatic carbocycles. The molecule has 1 aromatic carbocycles. The molecule has 0 unspecified atom stereocenters. The Morgan fingerprint density at radius 2 is 1.82 bits per heavy atom. The smallest absolute Gasteiger partial charge is 0.266 e. The molecule has 2 aromatic heterocycles. The van der Waals surface area contributed by atoms with Gasteiger partial charge in [-0.05, 0) is 37.1 Å². The predicted octanol–water partition coefficient (Wildman–Crippen LogP) is 2.47. The molecule has 0 bridgehead atoms. The third kappa shape index (κ3) is 3.29. The van der Waals surface area contributed by atoms with E-state index in [0.29, 0.717) is 31.7 Å². The van der Waals surface area contributed by atoms with Crippen LogP contribution in [0.2, 0.25) is 0 Å². The quantitative estimate of drug-likeness (QED) is 0.697. The van der Waals surface area contributed by atoms with Crippen molar-refractivity contribution >= 4 is 21.6 Å². The summed E-state index contributed by atoms with van der Waals surface area (Å²) in [5.41, 5.74) is 5.39. The minimum Gasteiger partial charge on any atom is -0.459 e. The number of amides is 1. The molecule has 4 rings (SSSR count). The van der Waals surface area contributed by atoms with Gasteiger partial charge in [-0.1, -0.05) is 18.2 Å². The van der Waals surface area contributed by atoms with Gasteiger partial charge in [0.1, 0.15) is 0 Å². The maximum atomic E-state index is 13.2. The average Bonchev–Trinajstić information content (AvgIpc) is 3.39. The number of carbonyl (C=O) groups excluding carboxylic acids is 1. The first-order chi connectivity index (χ1) is 13.5. The van der Waals surface area contributed by atoms with Crippen LogP contribution >= 0.6 is 0 Å². The van der Waals surface area contributed by atoms with Crippen LogP contribution in [0.25, 0.3) is 11.7 Å². The Hall–Kier alpha value is -3.07. The Balaban J connectivity index is 1.76. The van der Waals surface area contributed by atoms with Gasteiger partial charge in [-0.25, -0.2) is 8.42 Å². The van der Waals surface area contributed by atoms with Crippen molar-refractivity contribution in [1.82, 2.24) is 4.98 Å². The summed E-state index contributed by atoms with van der Waals surface area (Å²) in [6, 6.07) is 11.4. The lowest BCUT2D eigenvalue weighted by atomic mass is 9.96. The van der Waals surface area contributed by atoms with E-state index in [-0.39, 0.29) is 33.5 Å². The SMILES string of the molecule is NC(=O)C1CCN(c2oc(-c3ccco3)nc2S(=O)(=O)c2ccccc2)CC1. The molecule has 0 radical (unpaired) electrons. The number of nitrogens with two attached hydrogens (primary N) is 1. The van der Waals surface area contributed by atoms with Crippen LogP contribution in [0.3, 0.4) is 0 Å². The normalized spacial score (nSPS) is 15.6. The Labute approximate surface area is 161 Å². The lowest BCUT2D eigenvalue weighted by Gasteiger charge is -2.30. The Morgan fingerprint density at radius 1 is 1.11 bits per heavy atom. The fraction of sp³-hybridized carbons (Fsp3) is 0.263. The van der Waals surface area contributed by atoms with Crippen LogP contribution < -0.4 is 10.6 Å². The summed E-state index contributed by atoms with van der Waals surface area (Å²) < 4.78 is 37.5. The summed E-state index contributed by atoms with van der Waals surface area (Å²) in [6.07, 6.45) is 2.51. The number of rotatable bonds is 5. The maximum Gasteiger partial charge on any atom is 0.266 e. The van der Waals surface area contributed by atoms with Gasteiger partial charge in [-0.3, -0.25) is 4.79 Å². The van der Waals surface area contributed by atoms with Crippen LogP contribution in [-0.2, 0) is 14.6 Å². The highest BCUT2D eigenvalue weighted by Crippen LogP contribution is 2.36. The third-order valence-corrected chi connectivity index (χ3v) is 6.47. The number of nitrogens with zero attached hydrogens (tertiary/aromatic N) is 2. The first-order valence-electron chi connectivity index (χ1n) is 8.86. The summed E-state index contributed by atoms with van der Waals surface area (Å²) in [6.45, 7) is 0.884. The summed E-state index contributed by atoms with van der Waals surface area (Å²) in [4.78, 5) is 17.6. The molecule has 1 aliphatic rings. The van der Waals surface area contributed by atoms with Crippen molar-refractivity contribution in [2.75, 3.05) is 18.0 Å². The molecule has 1 saturated heterocycles. The van der Waals surface area contributed by atoms with E-state index >= 15 is 0 Å². The van der Waals surface area contributed by atoms with Gasteiger partial charge in [-0.15, -0.1) is 0 Å². The van der Waals surface area contributed by atoms with Crippen LogP contribution in [0.15, 0.2) is 67.5 Å². The average molecular weight is 401 g/mol. The van der Waals surface area contributed by atoms with Gasteiger partial charge in [-0.2, -0.15) is 4.98 Å². The van der Waals surface area contributed by atoms with Crippen molar-refractivity contribution in [1.29, 1.82) is 0 Å². The minimum atomic E-state index is -3.90. The fourth-order valence-corrected chi connectivity index (χ4v) is 4.60. The number of piperidine rings is 1. The van der Waals surface area contributed by atoms with Crippen LogP contribution in [0, 0.1) is 5.92 Å². The molecule has 2 N–H and O–H groups in total. The van der Waals surface area contributed by atoms with Gasteiger partial charge in [0.2, 0.25) is 26.7 Å². The highest BCUT2D eigenvalue weighted by molar-refractivity contribution is 7.91. The molecule has 1 aliphatic heterocycles. The number of benzene rings is 1. The molecule has 1 fully saturated rings. The molecule has 0 spiro atoms. The topological polar surface area (TPSA) is 120 Å². The summed E-state index contributed by atoms with van der Waals surface area (Å²) in [5, 5.41) is -0.164. The second-order valence-corrected chi connectivity index (χ2v) is 8.45. The number of aromatic nitrogens is 1. The monoisotopic (exact) mass is 401 g/mol. The highest BCUT2D eigenvalue weighted by atomic mass is 32.2. The molecular formula is C19H19N3O5S. The van der Waals surface area contributed by atoms with Crippen molar-refractivity contribution in [3.63, 3.8) is 0 Å². The Bertz CT molecular complexity index is 1070. The first kappa shape index (κ1) is 18.3. The molecule has 9 heteroatoms. The van der Waals surface area contributed by atoms with Crippen molar-refractivity contribution in [2.45, 2.75) is 22.8 Å². The molecule has 1 amide bonds. The molecular weight excluding hydrogens is 382 g/mol. The largest absolute Gasteiger partial charge is 0.459 e. The van der Waals surface area contributed by atoms with Crippen molar-refractivity contribution < 1.29 is 22.0 Å². The lowest BCUT2D eigenvalue weighted by molar-refractivity contribution is -0.122. The van der Waals surface area contributed by atoms with E-state index in [4.69, 9.17) is 14.6 Å². The molecule has 8 nitrogen and oxygen atoms in total. The van der Waals surface area contributed by atoms with Crippen molar-refractivity contribution in [3.05, 3.63) is 48.7 Å². The maximum absolute atomic E-state index is 13.2. The van der Waals surface area contributed by atoms with E-state index in [1.54, 1.807) is 35.2 Å². The van der Waals surface area contributed by atoms with E-state index in [9.17, 15) is 13.2 Å². The van der Waals surface area contributed by atoms with E-state index in [1.807, 2.05) is 0 Å². The zero-order chi connectivity index (χ0) is 19.7. The van der Waals surface area contributed by atoms with E-state index in [2.05, 4.69) is 4.98 Å². The number of sulfone groups is 1. The molecule has 0 atom stereocenters. The minimum absolute atomic E-state index is 0.0894. The van der Waals surface area contributed by atoms with Crippen molar-refractivity contribution in [3.8, 4) is 11.7 Å². The number of hydrogen-bond donors (Lipinski definition) is 1. The number of carbonyl (C=O) groups is 1. The Morgan fingerprint density at radius 3 is 2.43 bits per heavy atom. The fourth-order valence-electron chi connectivity index (χ4n) is 3.26. The molecule has 3 aromatic rings. The summed E-state index contributed by atoms with van der Waals surface area (Å²) in [5.74, 6) is 0.0102. The number of primary amides is 1. The zero-order valence-corrected chi connectivity index (χ0v) is 15.8. The molecule has 146 valence electrons. The zero-order valence-electron chi connectivity index (χ0n) is 14.9. The van der Waals surface area contributed by atoms with E-state index in [0.717, 1.165) is 0 Å². The number of hydrogen-bond acceptors (Lipinski definition) is 7. The highest BCUT2D eigenvalue weighted by Gasteiger charge is 2.34. The van der Waals surface area contributed by atoms with Gasteiger partial charge in [0.05, 0.1) is 11.2 Å². The molecule has 3 heterocycles. The van der Waals surface area contributed by atoms with Crippen LogP contribution in [0.4, 0.5) is 5.88 Å². The number of oxazole rings is 1. The summed E-state index contributed by atoms with van der Waals surface area (Å²) in [7, 11) is -3.90. The summed E-state index contributed by atoms with van der Waals surface area (Å²) >= 11 is 0. The number of furan rings is 1. The van der Waals surface area contributed by atoms with Crippen LogP contribution in [0.5, 0.6) is 0 Å². The van der Waals surface area contributed by atoms with Crippen molar-refractivity contribution in [2.24, 2.45) is 11.7 Å². The predicted molar refractivity (Wildman–Crippen MR) is 100 cm³/mol. The Kier molecular flexibility index (Phi) is 4.68. The van der Waals surface area contributed by atoms with Gasteiger partial charge >= 0.3 is 0 Å². The lowest BCUT2D eigenvalue weighted by Crippen LogP contribution is -2.38. The van der Waals surface area contributed by atoms with Gasteiger partial charge in [0.15, 0.2) is 5.76 Å². The number of anilines is 1. The van der Waals surface area contributed by atoms with Crippen LogP contribution in [0.1, 0.15) is 12.8 Å². The standard InChI is InChI=1S/C19H19N3O5S/c20-16(23)13-8-10-22(11-9-13)19-18(21-17(27-19)15-7-4-12-26-15)28(24,25)14-5-2-1-3-6-14/h1-7,12-13H,8-11H2,(H2,20,23). The molecule has 28 heavy (non-hydrogen) atoms. The molecule has 0 saturated carbocycles. The first-order valence-corrected chi connectivity index (χ1v) is 10.3. The van der Waals surface area contributed by atoms with Gasteiger partial charge in [0.25, 0.3) is 5.89 Å².